The molecule has 7 rings (SSSR count). The number of pyridine rings is 1. The first-order valence-electron chi connectivity index (χ1n) is 15.2. The van der Waals surface area contributed by atoms with Crippen LogP contribution in [0.4, 0.5) is 36.6 Å². The zero-order valence-electron chi connectivity index (χ0n) is 25.9. The number of nitrogens with two attached hydrogens (primary N) is 1. The van der Waals surface area contributed by atoms with Crippen LogP contribution in [0, 0.1) is 18.6 Å². The van der Waals surface area contributed by atoms with Crippen molar-refractivity contribution in [3.63, 3.8) is 0 Å². The third-order valence-corrected chi connectivity index (χ3v) is 8.81. The summed E-state index contributed by atoms with van der Waals surface area (Å²) in [5, 5.41) is 11.1. The summed E-state index contributed by atoms with van der Waals surface area (Å²) in [6, 6.07) is 9.02. The zero-order valence-corrected chi connectivity index (χ0v) is 26.6. The molecular formula is C33H25ClF7N7O2. The van der Waals surface area contributed by atoms with Crippen LogP contribution in [0.5, 0.6) is 0 Å². The number of anilines is 1. The van der Waals surface area contributed by atoms with Gasteiger partial charge in [-0.25, -0.2) is 8.78 Å². The van der Waals surface area contributed by atoms with E-state index in [1.807, 2.05) is 0 Å². The van der Waals surface area contributed by atoms with E-state index in [1.54, 1.807) is 35.9 Å². The number of benzene rings is 2. The van der Waals surface area contributed by atoms with Crippen LogP contribution in [0.15, 0.2) is 42.5 Å². The fourth-order valence-electron chi connectivity index (χ4n) is 6.29. The smallest absolute Gasteiger partial charge is 0.382 e. The van der Waals surface area contributed by atoms with Gasteiger partial charge in [0.1, 0.15) is 23.9 Å². The van der Waals surface area contributed by atoms with Crippen molar-refractivity contribution in [2.24, 2.45) is 0 Å². The molecule has 0 bridgehead atoms. The highest BCUT2D eigenvalue weighted by Crippen LogP contribution is 2.46. The van der Waals surface area contributed by atoms with E-state index in [0.29, 0.717) is 56.7 Å². The van der Waals surface area contributed by atoms with Crippen molar-refractivity contribution in [3.05, 3.63) is 93.0 Å². The number of ether oxygens (including phenoxy) is 1. The molecule has 0 spiro atoms. The van der Waals surface area contributed by atoms with Gasteiger partial charge in [0.15, 0.2) is 11.5 Å². The van der Waals surface area contributed by atoms with E-state index < -0.39 is 66.0 Å². The molecule has 3 aromatic heterocycles. The van der Waals surface area contributed by atoms with Crippen LogP contribution in [-0.2, 0) is 34.6 Å². The third kappa shape index (κ3) is 5.95. The van der Waals surface area contributed by atoms with Gasteiger partial charge < -0.3 is 15.8 Å². The molecule has 3 N–H and O–H groups in total. The molecule has 260 valence electrons. The number of carbonyl (C=O) groups excluding carboxylic acids is 1. The van der Waals surface area contributed by atoms with E-state index in [2.05, 4.69) is 20.5 Å². The van der Waals surface area contributed by atoms with Crippen molar-refractivity contribution >= 4 is 46.0 Å². The molecule has 50 heavy (non-hydrogen) atoms. The Balaban J connectivity index is 1.37. The van der Waals surface area contributed by atoms with Gasteiger partial charge in [-0.15, -0.1) is 0 Å². The number of alkyl halides is 5. The first-order valence-corrected chi connectivity index (χ1v) is 15.5. The minimum absolute atomic E-state index is 0.0555. The van der Waals surface area contributed by atoms with Crippen LogP contribution in [0.2, 0.25) is 5.02 Å². The number of aryl methyl sites for hydroxylation is 1. The second-order valence-electron chi connectivity index (χ2n) is 12.0. The van der Waals surface area contributed by atoms with Crippen molar-refractivity contribution in [1.29, 1.82) is 0 Å². The summed E-state index contributed by atoms with van der Waals surface area (Å²) in [7, 11) is 0. The highest BCUT2D eigenvalue weighted by atomic mass is 35.5. The van der Waals surface area contributed by atoms with Gasteiger partial charge in [0.2, 0.25) is 5.91 Å². The topological polar surface area (TPSA) is 113 Å². The summed E-state index contributed by atoms with van der Waals surface area (Å²) in [6.45, 7) is 1.30. The Morgan fingerprint density at radius 3 is 2.46 bits per heavy atom. The molecule has 0 saturated carbocycles. The molecule has 17 heteroatoms. The zero-order chi connectivity index (χ0) is 35.7. The highest BCUT2D eigenvalue weighted by Gasteiger charge is 2.50. The normalized spacial score (nSPS) is 16.1. The number of hydrogen-bond donors (Lipinski definition) is 2. The van der Waals surface area contributed by atoms with Gasteiger partial charge in [-0.1, -0.05) is 23.7 Å². The lowest BCUT2D eigenvalue weighted by Crippen LogP contribution is -2.31. The van der Waals surface area contributed by atoms with Crippen LogP contribution in [0.25, 0.3) is 33.8 Å². The van der Waals surface area contributed by atoms with Gasteiger partial charge >= 0.3 is 6.18 Å². The van der Waals surface area contributed by atoms with Gasteiger partial charge in [-0.05, 0) is 49.2 Å². The molecule has 9 nitrogen and oxygen atoms in total. The summed E-state index contributed by atoms with van der Waals surface area (Å²) >= 11 is 6.55. The maximum absolute atomic E-state index is 14.8. The standard InChI is InChI=1S/C33H25ClF7N7O2/c1-15-2-3-20(21-4-5-23(34)26-28(21)48(46-31(26)42)19-13-50-14-19)27(43-15)24(10-16-8-17(35)11-18(36)9-16)44-25(49)12-47-30-22(6-7-32(30,37)38)29(45-47)33(39,40)41/h2-5,8-11,19H,6-7,12-14H2,1H3,(H2,42,46)(H,44,49)/b24-10-. The molecule has 1 aliphatic heterocycles. The Bertz CT molecular complexity index is 2200. The molecule has 2 aliphatic rings. The van der Waals surface area contributed by atoms with Crippen LogP contribution in [0.1, 0.15) is 46.4 Å². The number of nitrogen functional groups attached to an aromatic ring is 1. The van der Waals surface area contributed by atoms with Gasteiger partial charge in [-0.3, -0.25) is 19.1 Å². The Morgan fingerprint density at radius 2 is 1.80 bits per heavy atom. The number of hydrogen-bond acceptors (Lipinski definition) is 6. The van der Waals surface area contributed by atoms with E-state index in [-0.39, 0.29) is 28.8 Å². The molecule has 4 heterocycles. The summed E-state index contributed by atoms with van der Waals surface area (Å²) in [5.74, 6) is -6.46. The minimum atomic E-state index is -5.04. The lowest BCUT2D eigenvalue weighted by Gasteiger charge is -2.27. The number of amides is 1. The molecule has 1 fully saturated rings. The fourth-order valence-corrected chi connectivity index (χ4v) is 6.54. The van der Waals surface area contributed by atoms with Gasteiger partial charge in [0.05, 0.1) is 46.6 Å². The summed E-state index contributed by atoms with van der Waals surface area (Å²) in [6.07, 6.45) is -5.28. The maximum Gasteiger partial charge on any atom is 0.435 e. The van der Waals surface area contributed by atoms with E-state index in [9.17, 15) is 35.5 Å². The quantitative estimate of drug-likeness (QED) is 0.174. The Hall–Kier alpha value is -4.96. The van der Waals surface area contributed by atoms with Crippen molar-refractivity contribution in [3.8, 4) is 11.1 Å². The number of halogens is 8. The number of nitrogens with one attached hydrogen (secondary N) is 1. The van der Waals surface area contributed by atoms with Crippen LogP contribution in [0.3, 0.4) is 0 Å². The predicted molar refractivity (Wildman–Crippen MR) is 169 cm³/mol. The monoisotopic (exact) mass is 719 g/mol. The SMILES string of the molecule is Cc1ccc(-c2ccc(Cl)c3c(N)nn(C4COC4)c23)c(/C(=C/c2cc(F)cc(F)c2)NC(=O)Cn2nc(C(F)(F)F)c3c2C(F)(F)CC3)n1. The summed E-state index contributed by atoms with van der Waals surface area (Å²) in [4.78, 5) is 18.2. The van der Waals surface area contributed by atoms with Crippen molar-refractivity contribution in [2.75, 3.05) is 18.9 Å². The molecule has 0 unspecified atom stereocenters. The molecule has 0 radical (unpaired) electrons. The largest absolute Gasteiger partial charge is 0.435 e. The number of rotatable bonds is 7. The second-order valence-corrected chi connectivity index (χ2v) is 12.4. The van der Waals surface area contributed by atoms with E-state index in [1.165, 1.54) is 6.08 Å². The average Bonchev–Trinajstić information content (AvgIpc) is 3.63. The first-order chi connectivity index (χ1) is 23.6. The number of aromatic nitrogens is 5. The van der Waals surface area contributed by atoms with E-state index >= 15 is 0 Å². The molecule has 1 aliphatic carbocycles. The van der Waals surface area contributed by atoms with Gasteiger partial charge in [0, 0.05) is 34.9 Å². The fraction of sp³-hybridized carbons (Fsp3) is 0.273. The third-order valence-electron chi connectivity index (χ3n) is 8.49. The Labute approximate surface area is 283 Å². The predicted octanol–water partition coefficient (Wildman–Crippen LogP) is 7.06. The molecule has 1 amide bonds. The minimum Gasteiger partial charge on any atom is -0.382 e. The van der Waals surface area contributed by atoms with Crippen LogP contribution < -0.4 is 11.1 Å². The number of nitrogens with zero attached hydrogens (tertiary/aromatic N) is 5. The molecule has 5 aromatic rings. The first kappa shape index (κ1) is 33.5. The van der Waals surface area contributed by atoms with Gasteiger partial charge in [0.25, 0.3) is 5.92 Å². The molecule has 1 saturated heterocycles. The summed E-state index contributed by atoms with van der Waals surface area (Å²) in [5.41, 5.74) is 4.77. The lowest BCUT2D eigenvalue weighted by atomic mass is 9.97. The van der Waals surface area contributed by atoms with Gasteiger partial charge in [-0.2, -0.15) is 32.1 Å². The Morgan fingerprint density at radius 1 is 1.10 bits per heavy atom. The highest BCUT2D eigenvalue weighted by molar-refractivity contribution is 6.37. The number of fused-ring (bicyclic) bond motifs is 2. The van der Waals surface area contributed by atoms with Crippen LogP contribution >= 0.6 is 11.6 Å². The number of carbonyl (C=O) groups is 1. The van der Waals surface area contributed by atoms with E-state index in [4.69, 9.17) is 22.1 Å². The van der Waals surface area contributed by atoms with E-state index in [0.717, 1.165) is 12.1 Å². The van der Waals surface area contributed by atoms with Crippen molar-refractivity contribution in [2.45, 2.75) is 44.5 Å². The van der Waals surface area contributed by atoms with Crippen molar-refractivity contribution in [1.82, 2.24) is 29.9 Å². The lowest BCUT2D eigenvalue weighted by molar-refractivity contribution is -0.142. The average molecular weight is 720 g/mol. The van der Waals surface area contributed by atoms with Crippen molar-refractivity contribution < 1.29 is 40.3 Å². The maximum atomic E-state index is 14.8. The molecule has 2 aromatic carbocycles. The Kier molecular flexibility index (Phi) is 8.13. The molecule has 0 atom stereocenters. The molecular weight excluding hydrogens is 695 g/mol. The summed E-state index contributed by atoms with van der Waals surface area (Å²) < 4.78 is 107. The van der Waals surface area contributed by atoms with Crippen LogP contribution in [-0.4, -0.2) is 43.7 Å². The second kappa shape index (κ2) is 12.1.